The number of benzene rings is 1. The molecular weight excluding hydrogens is 236 g/mol. The molecule has 2 aromatic rings. The zero-order valence-corrected chi connectivity index (χ0v) is 10.7. The number of nitrogens with two attached hydrogens (primary N) is 1. The van der Waals surface area contributed by atoms with Crippen LogP contribution in [0.2, 0.25) is 0 Å². The molecule has 0 fully saturated rings. The number of fused-ring (bicyclic) bond motifs is 1. The first kappa shape index (κ1) is 12.1. The van der Waals surface area contributed by atoms with Crippen LogP contribution in [0.25, 0.3) is 0 Å². The highest BCUT2D eigenvalue weighted by atomic mass is 16.1. The molecule has 0 bridgehead atoms. The summed E-state index contributed by atoms with van der Waals surface area (Å²) >= 11 is 0. The van der Waals surface area contributed by atoms with Gasteiger partial charge in [-0.25, -0.2) is 0 Å². The van der Waals surface area contributed by atoms with E-state index in [9.17, 15) is 4.79 Å². The molecule has 19 heavy (non-hydrogen) atoms. The number of carbonyl (C=O) groups excluding carboxylic acids is 1. The molecule has 0 saturated carbocycles. The van der Waals surface area contributed by atoms with Gasteiger partial charge in [0.25, 0.3) is 0 Å². The Kier molecular flexibility index (Phi) is 3.13. The van der Waals surface area contributed by atoms with E-state index in [1.807, 2.05) is 12.1 Å². The molecule has 3 nitrogen and oxygen atoms in total. The zero-order chi connectivity index (χ0) is 13.2. The first-order chi connectivity index (χ1) is 9.28. The van der Waals surface area contributed by atoms with Crippen molar-refractivity contribution in [3.05, 3.63) is 65.0 Å². The number of hydrogen-bond donors (Lipinski definition) is 1. The van der Waals surface area contributed by atoms with Gasteiger partial charge in [0.05, 0.1) is 5.69 Å². The standard InChI is InChI=1S/C16H16N2O/c17-10-14-8-12(5-6-18-14)16(19)9-13-7-11-3-1-2-4-15(11)13/h1-6,8,13H,7,9-10,17H2. The van der Waals surface area contributed by atoms with E-state index in [2.05, 4.69) is 17.1 Å². The molecule has 0 aliphatic heterocycles. The first-order valence-corrected chi connectivity index (χ1v) is 6.54. The molecule has 0 saturated heterocycles. The topological polar surface area (TPSA) is 56.0 Å². The Labute approximate surface area is 112 Å². The van der Waals surface area contributed by atoms with E-state index in [1.54, 1.807) is 18.3 Å². The van der Waals surface area contributed by atoms with Crippen LogP contribution in [-0.2, 0) is 13.0 Å². The van der Waals surface area contributed by atoms with E-state index >= 15 is 0 Å². The summed E-state index contributed by atoms with van der Waals surface area (Å²) in [6.07, 6.45) is 3.24. The molecule has 3 rings (SSSR count). The Morgan fingerprint density at radius 2 is 2.16 bits per heavy atom. The lowest BCUT2D eigenvalue weighted by Crippen LogP contribution is -2.20. The highest BCUT2D eigenvalue weighted by Crippen LogP contribution is 2.37. The van der Waals surface area contributed by atoms with Crippen molar-refractivity contribution in [1.29, 1.82) is 0 Å². The van der Waals surface area contributed by atoms with Crippen molar-refractivity contribution in [2.45, 2.75) is 25.3 Å². The van der Waals surface area contributed by atoms with Gasteiger partial charge in [-0.15, -0.1) is 0 Å². The van der Waals surface area contributed by atoms with Crippen LogP contribution in [0.3, 0.4) is 0 Å². The summed E-state index contributed by atoms with van der Waals surface area (Å²) in [6, 6.07) is 11.9. The Morgan fingerprint density at radius 3 is 2.95 bits per heavy atom. The lowest BCUT2D eigenvalue weighted by Gasteiger charge is -2.29. The van der Waals surface area contributed by atoms with Crippen molar-refractivity contribution in [1.82, 2.24) is 4.98 Å². The summed E-state index contributed by atoms with van der Waals surface area (Å²) in [5.74, 6) is 0.551. The highest BCUT2D eigenvalue weighted by Gasteiger charge is 2.27. The van der Waals surface area contributed by atoms with Gasteiger partial charge >= 0.3 is 0 Å². The van der Waals surface area contributed by atoms with Gasteiger partial charge in [-0.05, 0) is 35.6 Å². The average Bonchev–Trinajstić information content (AvgIpc) is 2.44. The molecule has 1 heterocycles. The molecule has 0 spiro atoms. The minimum Gasteiger partial charge on any atom is -0.325 e. The maximum absolute atomic E-state index is 12.3. The fraction of sp³-hybridized carbons (Fsp3) is 0.250. The SMILES string of the molecule is NCc1cc(C(=O)CC2Cc3ccccc32)ccn1. The summed E-state index contributed by atoms with van der Waals surface area (Å²) in [7, 11) is 0. The largest absolute Gasteiger partial charge is 0.325 e. The number of pyridine rings is 1. The van der Waals surface area contributed by atoms with Gasteiger partial charge in [0.2, 0.25) is 0 Å². The molecule has 1 aliphatic carbocycles. The number of aromatic nitrogens is 1. The van der Waals surface area contributed by atoms with Gasteiger partial charge in [0.1, 0.15) is 0 Å². The smallest absolute Gasteiger partial charge is 0.163 e. The fourth-order valence-corrected chi connectivity index (χ4v) is 2.65. The lowest BCUT2D eigenvalue weighted by atomic mass is 9.74. The Morgan fingerprint density at radius 1 is 1.32 bits per heavy atom. The minimum atomic E-state index is 0.177. The van der Waals surface area contributed by atoms with E-state index in [1.165, 1.54) is 11.1 Å². The van der Waals surface area contributed by atoms with E-state index in [4.69, 9.17) is 5.73 Å². The van der Waals surface area contributed by atoms with Gasteiger partial charge in [0.15, 0.2) is 5.78 Å². The molecule has 1 aliphatic rings. The Hall–Kier alpha value is -2.00. The quantitative estimate of drug-likeness (QED) is 0.850. The summed E-state index contributed by atoms with van der Waals surface area (Å²) in [4.78, 5) is 16.4. The van der Waals surface area contributed by atoms with Gasteiger partial charge < -0.3 is 5.73 Å². The lowest BCUT2D eigenvalue weighted by molar-refractivity contribution is 0.0970. The van der Waals surface area contributed by atoms with Crippen molar-refractivity contribution in [2.75, 3.05) is 0 Å². The molecule has 0 amide bonds. The number of nitrogens with zero attached hydrogens (tertiary/aromatic N) is 1. The van der Waals surface area contributed by atoms with Crippen LogP contribution in [-0.4, -0.2) is 10.8 Å². The van der Waals surface area contributed by atoms with E-state index < -0.39 is 0 Å². The molecular formula is C16H16N2O. The highest BCUT2D eigenvalue weighted by molar-refractivity contribution is 5.96. The number of carbonyl (C=O) groups is 1. The third kappa shape index (κ3) is 2.29. The second kappa shape index (κ2) is 4.94. The summed E-state index contributed by atoms with van der Waals surface area (Å²) in [5.41, 5.74) is 9.73. The van der Waals surface area contributed by atoms with Crippen LogP contribution < -0.4 is 5.73 Å². The van der Waals surface area contributed by atoms with Crippen molar-refractivity contribution >= 4 is 5.78 Å². The molecule has 1 aromatic heterocycles. The molecule has 1 atom stereocenters. The van der Waals surface area contributed by atoms with Crippen LogP contribution >= 0.6 is 0 Å². The maximum atomic E-state index is 12.3. The molecule has 1 unspecified atom stereocenters. The monoisotopic (exact) mass is 252 g/mol. The van der Waals surface area contributed by atoms with Crippen molar-refractivity contribution in [3.8, 4) is 0 Å². The normalized spacial score (nSPS) is 16.6. The van der Waals surface area contributed by atoms with E-state index in [-0.39, 0.29) is 5.78 Å². The van der Waals surface area contributed by atoms with Crippen LogP contribution in [0.4, 0.5) is 0 Å². The Bertz CT molecular complexity index is 622. The predicted octanol–water partition coefficient (Wildman–Crippen LogP) is 2.45. The number of rotatable bonds is 4. The number of ketones is 1. The van der Waals surface area contributed by atoms with Gasteiger partial charge in [-0.2, -0.15) is 0 Å². The van der Waals surface area contributed by atoms with Crippen LogP contribution in [0.1, 0.15) is 39.5 Å². The Balaban J connectivity index is 1.73. The maximum Gasteiger partial charge on any atom is 0.163 e. The fourth-order valence-electron chi connectivity index (χ4n) is 2.65. The third-order valence-electron chi connectivity index (χ3n) is 3.74. The molecule has 96 valence electrons. The average molecular weight is 252 g/mol. The van der Waals surface area contributed by atoms with Crippen LogP contribution in [0.5, 0.6) is 0 Å². The first-order valence-electron chi connectivity index (χ1n) is 6.54. The van der Waals surface area contributed by atoms with Gasteiger partial charge in [-0.1, -0.05) is 24.3 Å². The minimum absolute atomic E-state index is 0.177. The van der Waals surface area contributed by atoms with E-state index in [0.29, 0.717) is 18.9 Å². The molecule has 1 aromatic carbocycles. The van der Waals surface area contributed by atoms with Crippen molar-refractivity contribution < 1.29 is 4.79 Å². The summed E-state index contributed by atoms with van der Waals surface area (Å²) < 4.78 is 0. The van der Waals surface area contributed by atoms with Crippen molar-refractivity contribution in [3.63, 3.8) is 0 Å². The molecule has 3 heteroatoms. The zero-order valence-electron chi connectivity index (χ0n) is 10.7. The number of hydrogen-bond acceptors (Lipinski definition) is 3. The van der Waals surface area contributed by atoms with Crippen molar-refractivity contribution in [2.24, 2.45) is 5.73 Å². The number of Topliss-reactive ketones (excluding diaryl/α,β-unsaturated/α-hetero) is 1. The van der Waals surface area contributed by atoms with Gasteiger partial charge in [0, 0.05) is 24.7 Å². The second-order valence-electron chi connectivity index (χ2n) is 4.97. The summed E-state index contributed by atoms with van der Waals surface area (Å²) in [5, 5.41) is 0. The predicted molar refractivity (Wildman–Crippen MR) is 74.0 cm³/mol. The van der Waals surface area contributed by atoms with Gasteiger partial charge in [-0.3, -0.25) is 9.78 Å². The molecule has 0 radical (unpaired) electrons. The van der Waals surface area contributed by atoms with E-state index in [0.717, 1.165) is 17.7 Å². The second-order valence-corrected chi connectivity index (χ2v) is 4.97. The third-order valence-corrected chi connectivity index (χ3v) is 3.74. The molecule has 2 N–H and O–H groups in total. The van der Waals surface area contributed by atoms with Crippen LogP contribution in [0, 0.1) is 0 Å². The summed E-state index contributed by atoms with van der Waals surface area (Å²) in [6.45, 7) is 0.368. The van der Waals surface area contributed by atoms with Crippen LogP contribution in [0.15, 0.2) is 42.6 Å².